The van der Waals surface area contributed by atoms with Gasteiger partial charge in [0.2, 0.25) is 0 Å². The highest BCUT2D eigenvalue weighted by Gasteiger charge is 2.34. The van der Waals surface area contributed by atoms with Gasteiger partial charge in [-0.3, -0.25) is 4.72 Å². The summed E-state index contributed by atoms with van der Waals surface area (Å²) in [5, 5.41) is 1.33. The van der Waals surface area contributed by atoms with E-state index < -0.39 is 11.7 Å². The van der Waals surface area contributed by atoms with Crippen LogP contribution in [0, 0.1) is 5.41 Å². The van der Waals surface area contributed by atoms with Gasteiger partial charge in [0.15, 0.2) is 0 Å². The molecule has 0 saturated heterocycles. The molecule has 1 heterocycles. The lowest BCUT2D eigenvalue weighted by molar-refractivity contribution is -0.138. The number of alkyl halides is 3. The average molecular weight is 435 g/mol. The molecule has 2 aromatic rings. The summed E-state index contributed by atoms with van der Waals surface area (Å²) in [5.74, 6) is 0. The Morgan fingerprint density at radius 3 is 2.48 bits per heavy atom. The lowest BCUT2D eigenvalue weighted by atomic mass is 9.97. The molecular formula is C18H22BrF3N2S. The van der Waals surface area contributed by atoms with Crippen molar-refractivity contribution in [1.82, 2.24) is 9.29 Å². The number of hydrogen-bond donors (Lipinski definition) is 1. The number of halogens is 4. The third kappa shape index (κ3) is 4.74. The quantitative estimate of drug-likeness (QED) is 0.550. The lowest BCUT2D eigenvalue weighted by Gasteiger charge is -2.20. The summed E-state index contributed by atoms with van der Waals surface area (Å²) < 4.78 is 45.4. The number of aromatic nitrogens is 1. The van der Waals surface area contributed by atoms with Gasteiger partial charge in [0.25, 0.3) is 0 Å². The average Bonchev–Trinajstić information content (AvgIpc) is 3.21. The Morgan fingerprint density at radius 2 is 1.92 bits per heavy atom. The monoisotopic (exact) mass is 434 g/mol. The van der Waals surface area contributed by atoms with Crippen LogP contribution in [0.3, 0.4) is 0 Å². The molecule has 2 nitrogen and oxygen atoms in total. The smallest absolute Gasteiger partial charge is 0.347 e. The molecule has 1 N–H and O–H groups in total. The highest BCUT2D eigenvalue weighted by atomic mass is 79.9. The molecule has 1 aliphatic rings. The van der Waals surface area contributed by atoms with E-state index in [1.54, 1.807) is 18.0 Å². The number of nitrogens with zero attached hydrogens (tertiary/aromatic N) is 1. The second-order valence-electron chi connectivity index (χ2n) is 7.83. The van der Waals surface area contributed by atoms with Crippen molar-refractivity contribution in [2.75, 3.05) is 0 Å². The molecule has 1 saturated carbocycles. The van der Waals surface area contributed by atoms with Crippen LogP contribution in [0.1, 0.15) is 44.7 Å². The van der Waals surface area contributed by atoms with Crippen LogP contribution >= 0.6 is 27.9 Å². The summed E-state index contributed by atoms with van der Waals surface area (Å²) in [6.45, 7) is 7.68. The molecule has 1 aromatic heterocycles. The van der Waals surface area contributed by atoms with Gasteiger partial charge in [-0.1, -0.05) is 48.6 Å². The Bertz CT molecular complexity index is 773. The van der Waals surface area contributed by atoms with Gasteiger partial charge >= 0.3 is 6.18 Å². The first-order chi connectivity index (χ1) is 11.5. The highest BCUT2D eigenvalue weighted by molar-refractivity contribution is 9.10. The first kappa shape index (κ1) is 19.1. The molecule has 1 fully saturated rings. The molecule has 0 bridgehead atoms. The summed E-state index contributed by atoms with van der Waals surface area (Å²) in [6, 6.07) is 2.87. The largest absolute Gasteiger partial charge is 0.417 e. The summed E-state index contributed by atoms with van der Waals surface area (Å²) in [4.78, 5) is 0. The minimum Gasteiger partial charge on any atom is -0.347 e. The molecule has 1 aliphatic carbocycles. The van der Waals surface area contributed by atoms with Crippen LogP contribution < -0.4 is 4.72 Å². The molecular weight excluding hydrogens is 413 g/mol. The predicted octanol–water partition coefficient (Wildman–Crippen LogP) is 6.37. The molecule has 1 aromatic carbocycles. The minimum atomic E-state index is -4.37. The van der Waals surface area contributed by atoms with Gasteiger partial charge in [-0.05, 0) is 36.0 Å². The maximum absolute atomic E-state index is 13.3. The topological polar surface area (TPSA) is 17.0 Å². The first-order valence-electron chi connectivity index (χ1n) is 8.31. The Balaban J connectivity index is 2.01. The minimum absolute atomic E-state index is 0.0363. The fourth-order valence-corrected chi connectivity index (χ4v) is 4.21. The zero-order valence-electron chi connectivity index (χ0n) is 14.5. The van der Waals surface area contributed by atoms with Crippen molar-refractivity contribution in [3.63, 3.8) is 0 Å². The number of fused-ring (bicyclic) bond motifs is 1. The van der Waals surface area contributed by atoms with Gasteiger partial charge in [0.05, 0.1) is 5.56 Å². The Morgan fingerprint density at radius 1 is 1.24 bits per heavy atom. The number of hydrogen-bond acceptors (Lipinski definition) is 2. The van der Waals surface area contributed by atoms with Crippen LogP contribution in [0.25, 0.3) is 10.9 Å². The Hall–Kier alpha value is -0.660. The van der Waals surface area contributed by atoms with Crippen molar-refractivity contribution in [3.05, 3.63) is 33.9 Å². The third-order valence-electron chi connectivity index (χ3n) is 4.04. The van der Waals surface area contributed by atoms with E-state index in [0.717, 1.165) is 17.6 Å². The first-order valence-corrected chi connectivity index (χ1v) is 9.99. The molecule has 0 amide bonds. The van der Waals surface area contributed by atoms with Gasteiger partial charge in [0, 0.05) is 39.9 Å². The molecule has 0 aliphatic heterocycles. The van der Waals surface area contributed by atoms with Crippen LogP contribution in [0.2, 0.25) is 0 Å². The van der Waals surface area contributed by atoms with Gasteiger partial charge in [0.1, 0.15) is 0 Å². The van der Waals surface area contributed by atoms with E-state index in [0.29, 0.717) is 17.2 Å². The molecule has 0 spiro atoms. The molecule has 0 unspecified atom stereocenters. The SMILES string of the molecule is CC(C)(C)Cn1cc(CNSC2CC2)c2cc(C(F)(F)F)c(Br)cc21. The fraction of sp³-hybridized carbons (Fsp3) is 0.556. The van der Waals surface area contributed by atoms with Crippen LogP contribution in [0.15, 0.2) is 22.8 Å². The van der Waals surface area contributed by atoms with E-state index >= 15 is 0 Å². The number of rotatable bonds is 5. The maximum atomic E-state index is 13.3. The maximum Gasteiger partial charge on any atom is 0.417 e. The second-order valence-corrected chi connectivity index (χ2v) is 9.87. The zero-order chi connectivity index (χ0) is 18.4. The predicted molar refractivity (Wildman–Crippen MR) is 102 cm³/mol. The van der Waals surface area contributed by atoms with Gasteiger partial charge < -0.3 is 4.57 Å². The molecule has 3 rings (SSSR count). The van der Waals surface area contributed by atoms with Gasteiger partial charge in [-0.2, -0.15) is 13.2 Å². The normalized spacial score (nSPS) is 16.0. The van der Waals surface area contributed by atoms with Crippen LogP contribution in [-0.2, 0) is 19.3 Å². The van der Waals surface area contributed by atoms with Crippen LogP contribution in [0.4, 0.5) is 13.2 Å². The Labute approximate surface area is 158 Å². The van der Waals surface area contributed by atoms with Crippen molar-refractivity contribution < 1.29 is 13.2 Å². The van der Waals surface area contributed by atoms with Crippen molar-refractivity contribution in [1.29, 1.82) is 0 Å². The van der Waals surface area contributed by atoms with Crippen molar-refractivity contribution in [2.24, 2.45) is 5.41 Å². The third-order valence-corrected chi connectivity index (χ3v) is 5.81. The van der Waals surface area contributed by atoms with E-state index in [-0.39, 0.29) is 9.89 Å². The highest BCUT2D eigenvalue weighted by Crippen LogP contribution is 2.39. The molecule has 25 heavy (non-hydrogen) atoms. The van der Waals surface area contributed by atoms with Gasteiger partial charge in [-0.25, -0.2) is 0 Å². The molecule has 7 heteroatoms. The summed E-state index contributed by atoms with van der Waals surface area (Å²) in [6.07, 6.45) is 0.0544. The zero-order valence-corrected chi connectivity index (χ0v) is 16.9. The van der Waals surface area contributed by atoms with Crippen molar-refractivity contribution in [3.8, 4) is 0 Å². The van der Waals surface area contributed by atoms with E-state index in [1.807, 2.05) is 6.20 Å². The fourth-order valence-electron chi connectivity index (χ4n) is 2.81. The summed E-state index contributed by atoms with van der Waals surface area (Å²) in [5.41, 5.74) is 1.16. The van der Waals surface area contributed by atoms with Crippen LogP contribution in [-0.4, -0.2) is 9.82 Å². The Kier molecular flexibility index (Phi) is 5.21. The van der Waals surface area contributed by atoms with Crippen molar-refractivity contribution in [2.45, 2.75) is 58.1 Å². The second kappa shape index (κ2) is 6.82. The van der Waals surface area contributed by atoms with E-state index in [4.69, 9.17) is 0 Å². The van der Waals surface area contributed by atoms with Crippen molar-refractivity contribution >= 4 is 38.8 Å². The number of benzene rings is 1. The lowest BCUT2D eigenvalue weighted by Crippen LogP contribution is -2.15. The molecule has 138 valence electrons. The molecule has 0 atom stereocenters. The van der Waals surface area contributed by atoms with E-state index in [1.165, 1.54) is 18.9 Å². The standard InChI is InChI=1S/C18H22BrF3N2S/c1-17(2,3)10-24-9-11(8-23-25-12-4-5-12)13-6-14(18(20,21)22)15(19)7-16(13)24/h6-7,9,12,23H,4-5,8,10H2,1-3H3. The van der Waals surface area contributed by atoms with Crippen LogP contribution in [0.5, 0.6) is 0 Å². The van der Waals surface area contributed by atoms with E-state index in [2.05, 4.69) is 46.0 Å². The number of nitrogens with one attached hydrogen (secondary N) is 1. The van der Waals surface area contributed by atoms with Gasteiger partial charge in [-0.15, -0.1) is 0 Å². The molecule has 0 radical (unpaired) electrons. The van der Waals surface area contributed by atoms with E-state index in [9.17, 15) is 13.2 Å². The summed E-state index contributed by atoms with van der Waals surface area (Å²) >= 11 is 4.79. The summed E-state index contributed by atoms with van der Waals surface area (Å²) in [7, 11) is 0.